The van der Waals surface area contributed by atoms with Crippen LogP contribution in [0.15, 0.2) is 29.3 Å². The molecular weight excluding hydrogens is 379 g/mol. The third kappa shape index (κ3) is 5.17. The minimum atomic E-state index is -0.256. The Morgan fingerprint density at radius 2 is 2.19 bits per heavy atom. The molecule has 1 aromatic carbocycles. The van der Waals surface area contributed by atoms with Crippen LogP contribution in [0, 0.1) is 11.3 Å². The molecule has 5 nitrogen and oxygen atoms in total. The average Bonchev–Trinajstić information content (AvgIpc) is 2.90. The Morgan fingerprint density at radius 3 is 2.71 bits per heavy atom. The van der Waals surface area contributed by atoms with Crippen LogP contribution in [0.1, 0.15) is 24.5 Å². The molecule has 2 N–H and O–H groups in total. The first-order chi connectivity index (χ1) is 9.72. The van der Waals surface area contributed by atoms with Crippen molar-refractivity contribution in [3.05, 3.63) is 35.4 Å². The van der Waals surface area contributed by atoms with Gasteiger partial charge in [-0.25, -0.2) is 4.99 Å². The number of hydrogen-bond donors (Lipinski definition) is 2. The second-order valence-electron chi connectivity index (χ2n) is 4.87. The van der Waals surface area contributed by atoms with Gasteiger partial charge < -0.3 is 15.3 Å². The van der Waals surface area contributed by atoms with Crippen molar-refractivity contribution in [3.8, 4) is 6.07 Å². The molecule has 0 unspecified atom stereocenters. The lowest BCUT2D eigenvalue weighted by Crippen LogP contribution is -2.40. The van der Waals surface area contributed by atoms with Crippen LogP contribution in [-0.4, -0.2) is 41.7 Å². The molecule has 1 aliphatic rings. The Bertz CT molecular complexity index is 509. The summed E-state index contributed by atoms with van der Waals surface area (Å²) < 4.78 is 0. The van der Waals surface area contributed by atoms with Gasteiger partial charge in [0.25, 0.3) is 0 Å². The normalized spacial score (nSPS) is 18.0. The van der Waals surface area contributed by atoms with E-state index in [9.17, 15) is 5.11 Å². The molecular formula is C15H21IN4O. The standard InChI is InChI=1S/C15H20N4O.HI/c1-2-17-15(19-8-7-14(20)11-19)18-10-13-5-3-12(9-16)4-6-13;/h3-6,14,20H,2,7-8,10-11H2,1H3,(H,17,18);1H/t14-;/m1./s1. The van der Waals surface area contributed by atoms with Gasteiger partial charge in [-0.1, -0.05) is 12.1 Å². The summed E-state index contributed by atoms with van der Waals surface area (Å²) >= 11 is 0. The highest BCUT2D eigenvalue weighted by Crippen LogP contribution is 2.10. The van der Waals surface area contributed by atoms with Gasteiger partial charge in [-0.15, -0.1) is 24.0 Å². The maximum atomic E-state index is 9.60. The van der Waals surface area contributed by atoms with Crippen molar-refractivity contribution in [3.63, 3.8) is 0 Å². The molecule has 0 aromatic heterocycles. The van der Waals surface area contributed by atoms with Crippen LogP contribution in [0.25, 0.3) is 0 Å². The van der Waals surface area contributed by atoms with Gasteiger partial charge >= 0.3 is 0 Å². The molecule has 0 radical (unpaired) electrons. The van der Waals surface area contributed by atoms with Crippen LogP contribution in [0.5, 0.6) is 0 Å². The number of nitrogens with zero attached hydrogens (tertiary/aromatic N) is 3. The third-order valence-corrected chi connectivity index (χ3v) is 3.29. The highest BCUT2D eigenvalue weighted by molar-refractivity contribution is 14.0. The average molecular weight is 400 g/mol. The molecule has 0 bridgehead atoms. The number of guanidine groups is 1. The van der Waals surface area contributed by atoms with E-state index in [1.807, 2.05) is 19.1 Å². The summed E-state index contributed by atoms with van der Waals surface area (Å²) in [4.78, 5) is 6.67. The lowest BCUT2D eigenvalue weighted by atomic mass is 10.1. The number of aliphatic hydroxyl groups is 1. The van der Waals surface area contributed by atoms with Crippen LogP contribution in [0.2, 0.25) is 0 Å². The summed E-state index contributed by atoms with van der Waals surface area (Å²) in [5.74, 6) is 0.841. The number of nitrogens with one attached hydrogen (secondary N) is 1. The number of likely N-dealkylation sites (tertiary alicyclic amines) is 1. The van der Waals surface area contributed by atoms with Gasteiger partial charge in [0.05, 0.1) is 24.3 Å². The summed E-state index contributed by atoms with van der Waals surface area (Å²) in [5, 5.41) is 21.6. The van der Waals surface area contributed by atoms with E-state index < -0.39 is 0 Å². The largest absolute Gasteiger partial charge is 0.391 e. The highest BCUT2D eigenvalue weighted by atomic mass is 127. The Morgan fingerprint density at radius 1 is 1.48 bits per heavy atom. The molecule has 1 heterocycles. The Hall–Kier alpha value is -1.33. The van der Waals surface area contributed by atoms with Gasteiger partial charge in [0.1, 0.15) is 0 Å². The Labute approximate surface area is 142 Å². The SMILES string of the molecule is CCNC(=NCc1ccc(C#N)cc1)N1CC[C@@H](O)C1.I. The van der Waals surface area contributed by atoms with Gasteiger partial charge in [0, 0.05) is 19.6 Å². The molecule has 21 heavy (non-hydrogen) atoms. The first-order valence-corrected chi connectivity index (χ1v) is 6.93. The lowest BCUT2D eigenvalue weighted by molar-refractivity contribution is 0.188. The third-order valence-electron chi connectivity index (χ3n) is 3.29. The molecule has 114 valence electrons. The van der Waals surface area contributed by atoms with E-state index in [0.29, 0.717) is 18.7 Å². The van der Waals surface area contributed by atoms with E-state index >= 15 is 0 Å². The number of aliphatic hydroxyl groups excluding tert-OH is 1. The zero-order valence-corrected chi connectivity index (χ0v) is 14.4. The summed E-state index contributed by atoms with van der Waals surface area (Å²) in [6.45, 7) is 4.88. The number of nitriles is 1. The van der Waals surface area contributed by atoms with E-state index in [1.54, 1.807) is 12.1 Å². The molecule has 0 saturated carbocycles. The molecule has 2 rings (SSSR count). The fourth-order valence-corrected chi connectivity index (χ4v) is 2.21. The summed E-state index contributed by atoms with van der Waals surface area (Å²) in [6.07, 6.45) is 0.537. The van der Waals surface area contributed by atoms with Crippen LogP contribution < -0.4 is 5.32 Å². The zero-order valence-electron chi connectivity index (χ0n) is 12.1. The quantitative estimate of drug-likeness (QED) is 0.461. The minimum absolute atomic E-state index is 0. The van der Waals surface area contributed by atoms with Crippen molar-refractivity contribution in [1.29, 1.82) is 5.26 Å². The maximum absolute atomic E-state index is 9.60. The molecule has 1 aromatic rings. The van der Waals surface area contributed by atoms with E-state index in [1.165, 1.54) is 0 Å². The Balaban J connectivity index is 0.00000220. The molecule has 1 atom stereocenters. The van der Waals surface area contributed by atoms with E-state index in [0.717, 1.165) is 31.0 Å². The maximum Gasteiger partial charge on any atom is 0.194 e. The second kappa shape index (κ2) is 8.85. The fraction of sp³-hybridized carbons (Fsp3) is 0.467. The molecule has 0 spiro atoms. The van der Waals surface area contributed by atoms with Crippen molar-refractivity contribution in [2.45, 2.75) is 26.0 Å². The van der Waals surface area contributed by atoms with Gasteiger partial charge in [0.15, 0.2) is 5.96 Å². The van der Waals surface area contributed by atoms with Crippen molar-refractivity contribution in [2.24, 2.45) is 4.99 Å². The van der Waals surface area contributed by atoms with Crippen LogP contribution in [0.3, 0.4) is 0 Å². The monoisotopic (exact) mass is 400 g/mol. The van der Waals surface area contributed by atoms with Gasteiger partial charge in [-0.2, -0.15) is 5.26 Å². The van der Waals surface area contributed by atoms with Crippen LogP contribution in [-0.2, 0) is 6.54 Å². The molecule has 0 amide bonds. The molecule has 0 aliphatic carbocycles. The highest BCUT2D eigenvalue weighted by Gasteiger charge is 2.22. The van der Waals surface area contributed by atoms with E-state index in [4.69, 9.17) is 5.26 Å². The van der Waals surface area contributed by atoms with Crippen molar-refractivity contribution in [2.75, 3.05) is 19.6 Å². The summed E-state index contributed by atoms with van der Waals surface area (Å²) in [7, 11) is 0. The first-order valence-electron chi connectivity index (χ1n) is 6.93. The number of β-amino-alcohol motifs (C(OH)–C–C–N with tert-alkyl or cyclic N) is 1. The lowest BCUT2D eigenvalue weighted by Gasteiger charge is -2.20. The zero-order chi connectivity index (χ0) is 14.4. The van der Waals surface area contributed by atoms with E-state index in [-0.39, 0.29) is 30.1 Å². The van der Waals surface area contributed by atoms with Crippen molar-refractivity contribution in [1.82, 2.24) is 10.2 Å². The number of benzene rings is 1. The molecule has 1 saturated heterocycles. The number of rotatable bonds is 3. The first kappa shape index (κ1) is 17.7. The minimum Gasteiger partial charge on any atom is -0.391 e. The Kier molecular flexibility index (Phi) is 7.47. The van der Waals surface area contributed by atoms with Gasteiger partial charge in [-0.05, 0) is 31.0 Å². The van der Waals surface area contributed by atoms with Crippen LogP contribution in [0.4, 0.5) is 0 Å². The van der Waals surface area contributed by atoms with Crippen molar-refractivity contribution < 1.29 is 5.11 Å². The van der Waals surface area contributed by atoms with Gasteiger partial charge in [0.2, 0.25) is 0 Å². The number of aliphatic imine (C=N–C) groups is 1. The number of halogens is 1. The summed E-state index contributed by atoms with van der Waals surface area (Å²) in [5.41, 5.74) is 1.73. The number of hydrogen-bond acceptors (Lipinski definition) is 3. The van der Waals surface area contributed by atoms with E-state index in [2.05, 4.69) is 21.3 Å². The molecule has 1 fully saturated rings. The predicted molar refractivity (Wildman–Crippen MR) is 93.6 cm³/mol. The topological polar surface area (TPSA) is 71.7 Å². The molecule has 6 heteroatoms. The van der Waals surface area contributed by atoms with Crippen LogP contribution >= 0.6 is 24.0 Å². The fourth-order valence-electron chi connectivity index (χ4n) is 2.21. The van der Waals surface area contributed by atoms with Gasteiger partial charge in [-0.3, -0.25) is 0 Å². The molecule has 1 aliphatic heterocycles. The van der Waals surface area contributed by atoms with Crippen molar-refractivity contribution >= 4 is 29.9 Å². The second-order valence-corrected chi connectivity index (χ2v) is 4.87. The summed E-state index contributed by atoms with van der Waals surface area (Å²) in [6, 6.07) is 9.55. The smallest absolute Gasteiger partial charge is 0.194 e. The predicted octanol–water partition coefficient (Wildman–Crippen LogP) is 1.71.